The second-order valence-electron chi connectivity index (χ2n) is 4.91. The largest absolute Gasteiger partial charge is 0.396 e. The van der Waals surface area contributed by atoms with Crippen LogP contribution < -0.4 is 0 Å². The summed E-state index contributed by atoms with van der Waals surface area (Å²) in [6, 6.07) is 6.70. The molecule has 0 bridgehead atoms. The highest BCUT2D eigenvalue weighted by atomic mass is 16.2. The van der Waals surface area contributed by atoms with Gasteiger partial charge in [0.15, 0.2) is 0 Å². The molecule has 0 unspecified atom stereocenters. The normalized spacial score (nSPS) is 13.8. The maximum absolute atomic E-state index is 8.82. The van der Waals surface area contributed by atoms with Crippen LogP contribution in [0.3, 0.4) is 0 Å². The molecule has 0 fully saturated rings. The summed E-state index contributed by atoms with van der Waals surface area (Å²) in [5.74, 6) is 0.958. The highest BCUT2D eigenvalue weighted by Gasteiger charge is 2.12. The summed E-state index contributed by atoms with van der Waals surface area (Å²) in [5, 5.41) is 8.82. The Bertz CT molecular complexity index is 545. The molecule has 0 saturated heterocycles. The van der Waals surface area contributed by atoms with Crippen molar-refractivity contribution in [3.8, 4) is 11.3 Å². The Kier molecular flexibility index (Phi) is 3.15. The van der Waals surface area contributed by atoms with Crippen molar-refractivity contribution in [1.82, 2.24) is 9.97 Å². The van der Waals surface area contributed by atoms with E-state index in [-0.39, 0.29) is 6.61 Å². The molecule has 2 aromatic rings. The third-order valence-electron chi connectivity index (χ3n) is 3.61. The lowest BCUT2D eigenvalue weighted by Crippen LogP contribution is -1.91. The molecular weight excluding hydrogens is 224 g/mol. The zero-order valence-corrected chi connectivity index (χ0v) is 10.4. The van der Waals surface area contributed by atoms with Gasteiger partial charge in [0, 0.05) is 13.0 Å². The fourth-order valence-corrected chi connectivity index (χ4v) is 2.62. The number of aliphatic hydroxyl groups excluding tert-OH is 1. The van der Waals surface area contributed by atoms with Gasteiger partial charge in [-0.2, -0.15) is 0 Å². The Labute approximate surface area is 107 Å². The highest BCUT2D eigenvalue weighted by molar-refractivity contribution is 5.61. The first kappa shape index (κ1) is 11.5. The molecule has 0 amide bonds. The summed E-state index contributed by atoms with van der Waals surface area (Å²) in [5.41, 5.74) is 5.29. The van der Waals surface area contributed by atoms with Crippen LogP contribution in [0, 0.1) is 0 Å². The molecule has 18 heavy (non-hydrogen) atoms. The molecule has 0 radical (unpaired) electrons. The van der Waals surface area contributed by atoms with Crippen LogP contribution in [0.4, 0.5) is 0 Å². The van der Waals surface area contributed by atoms with E-state index in [2.05, 4.69) is 28.2 Å². The van der Waals surface area contributed by atoms with Gasteiger partial charge in [0.1, 0.15) is 5.82 Å². The number of aromatic nitrogens is 2. The molecule has 3 heteroatoms. The van der Waals surface area contributed by atoms with E-state index in [1.807, 2.05) is 6.20 Å². The minimum absolute atomic E-state index is 0.217. The monoisotopic (exact) mass is 242 g/mol. The van der Waals surface area contributed by atoms with Gasteiger partial charge in [-0.1, -0.05) is 12.1 Å². The Morgan fingerprint density at radius 1 is 1.22 bits per heavy atom. The fourth-order valence-electron chi connectivity index (χ4n) is 2.62. The lowest BCUT2D eigenvalue weighted by Gasteiger charge is -2.02. The first-order valence-electron chi connectivity index (χ1n) is 6.64. The number of fused-ring (bicyclic) bond motifs is 1. The van der Waals surface area contributed by atoms with Crippen LogP contribution in [0.2, 0.25) is 0 Å². The molecular formula is C15H18N2O. The predicted octanol–water partition coefficient (Wildman–Crippen LogP) is 2.49. The Hall–Kier alpha value is -1.61. The SMILES string of the molecule is OCCCc1ncc(-c2ccc3c(c2)CCC3)[nH]1. The standard InChI is InChI=1S/C15H18N2O/c18-8-2-5-15-16-10-14(17-15)13-7-6-11-3-1-4-12(11)9-13/h6-7,9-10,18H,1-5,8H2,(H,16,17). The van der Waals surface area contributed by atoms with Gasteiger partial charge in [0.05, 0.1) is 11.9 Å². The summed E-state index contributed by atoms with van der Waals surface area (Å²) in [4.78, 5) is 7.69. The minimum atomic E-state index is 0.217. The van der Waals surface area contributed by atoms with E-state index in [0.717, 1.165) is 24.4 Å². The van der Waals surface area contributed by atoms with Gasteiger partial charge in [-0.05, 0) is 48.4 Å². The third-order valence-corrected chi connectivity index (χ3v) is 3.61. The van der Waals surface area contributed by atoms with Gasteiger partial charge in [-0.3, -0.25) is 0 Å². The second-order valence-corrected chi connectivity index (χ2v) is 4.91. The smallest absolute Gasteiger partial charge is 0.106 e. The molecule has 0 aliphatic heterocycles. The molecule has 3 rings (SSSR count). The number of hydrogen-bond donors (Lipinski definition) is 2. The van der Waals surface area contributed by atoms with Crippen LogP contribution in [0.1, 0.15) is 29.8 Å². The molecule has 2 N–H and O–H groups in total. The van der Waals surface area contributed by atoms with Crippen LogP contribution in [-0.2, 0) is 19.3 Å². The van der Waals surface area contributed by atoms with E-state index in [9.17, 15) is 0 Å². The summed E-state index contributed by atoms with van der Waals surface area (Å²) >= 11 is 0. The zero-order valence-electron chi connectivity index (χ0n) is 10.4. The minimum Gasteiger partial charge on any atom is -0.396 e. The topological polar surface area (TPSA) is 48.9 Å². The van der Waals surface area contributed by atoms with E-state index >= 15 is 0 Å². The summed E-state index contributed by atoms with van der Waals surface area (Å²) in [7, 11) is 0. The molecule has 1 aliphatic carbocycles. The maximum Gasteiger partial charge on any atom is 0.106 e. The van der Waals surface area contributed by atoms with E-state index in [1.54, 1.807) is 0 Å². The predicted molar refractivity (Wildman–Crippen MR) is 71.5 cm³/mol. The Balaban J connectivity index is 1.83. The zero-order chi connectivity index (χ0) is 12.4. The maximum atomic E-state index is 8.82. The van der Waals surface area contributed by atoms with E-state index in [1.165, 1.54) is 36.0 Å². The summed E-state index contributed by atoms with van der Waals surface area (Å²) < 4.78 is 0. The van der Waals surface area contributed by atoms with Gasteiger partial charge >= 0.3 is 0 Å². The number of imidazole rings is 1. The molecule has 1 aliphatic rings. The average Bonchev–Trinajstić information content (AvgIpc) is 3.04. The first-order valence-corrected chi connectivity index (χ1v) is 6.64. The van der Waals surface area contributed by atoms with Gasteiger partial charge < -0.3 is 10.1 Å². The Morgan fingerprint density at radius 3 is 3.00 bits per heavy atom. The number of benzene rings is 1. The number of nitrogens with one attached hydrogen (secondary N) is 1. The van der Waals surface area contributed by atoms with Crippen molar-refractivity contribution in [3.63, 3.8) is 0 Å². The Morgan fingerprint density at radius 2 is 2.11 bits per heavy atom. The number of nitrogens with zero attached hydrogens (tertiary/aromatic N) is 1. The lowest BCUT2D eigenvalue weighted by molar-refractivity contribution is 0.287. The summed E-state index contributed by atoms with van der Waals surface area (Å²) in [6.45, 7) is 0.217. The van der Waals surface area contributed by atoms with Crippen molar-refractivity contribution in [2.24, 2.45) is 0 Å². The van der Waals surface area contributed by atoms with Crippen LogP contribution in [0.25, 0.3) is 11.3 Å². The number of hydrogen-bond acceptors (Lipinski definition) is 2. The first-order chi connectivity index (χ1) is 8.86. The third kappa shape index (κ3) is 2.18. The van der Waals surface area contributed by atoms with Crippen LogP contribution >= 0.6 is 0 Å². The van der Waals surface area contributed by atoms with Crippen LogP contribution in [0.5, 0.6) is 0 Å². The highest BCUT2D eigenvalue weighted by Crippen LogP contribution is 2.27. The molecule has 1 aromatic carbocycles. The molecule has 0 spiro atoms. The number of aryl methyl sites for hydroxylation is 3. The van der Waals surface area contributed by atoms with Crippen molar-refractivity contribution in [1.29, 1.82) is 0 Å². The van der Waals surface area contributed by atoms with E-state index in [0.29, 0.717) is 0 Å². The van der Waals surface area contributed by atoms with Gasteiger partial charge in [-0.15, -0.1) is 0 Å². The average molecular weight is 242 g/mol. The summed E-state index contributed by atoms with van der Waals surface area (Å²) in [6.07, 6.45) is 7.17. The molecule has 94 valence electrons. The number of H-pyrrole nitrogens is 1. The number of aliphatic hydroxyl groups is 1. The second kappa shape index (κ2) is 4.94. The molecule has 0 atom stereocenters. The quantitative estimate of drug-likeness (QED) is 0.865. The van der Waals surface area contributed by atoms with E-state index in [4.69, 9.17) is 5.11 Å². The fraction of sp³-hybridized carbons (Fsp3) is 0.400. The van der Waals surface area contributed by atoms with Crippen molar-refractivity contribution in [2.45, 2.75) is 32.1 Å². The number of rotatable bonds is 4. The molecule has 1 aromatic heterocycles. The van der Waals surface area contributed by atoms with Gasteiger partial charge in [0.25, 0.3) is 0 Å². The van der Waals surface area contributed by atoms with Crippen LogP contribution in [0.15, 0.2) is 24.4 Å². The van der Waals surface area contributed by atoms with Gasteiger partial charge in [-0.25, -0.2) is 4.98 Å². The molecule has 1 heterocycles. The van der Waals surface area contributed by atoms with Crippen molar-refractivity contribution in [2.75, 3.05) is 6.61 Å². The van der Waals surface area contributed by atoms with E-state index < -0.39 is 0 Å². The van der Waals surface area contributed by atoms with Crippen molar-refractivity contribution >= 4 is 0 Å². The molecule has 0 saturated carbocycles. The van der Waals surface area contributed by atoms with Crippen LogP contribution in [-0.4, -0.2) is 21.7 Å². The van der Waals surface area contributed by atoms with Crippen molar-refractivity contribution in [3.05, 3.63) is 41.3 Å². The van der Waals surface area contributed by atoms with Crippen molar-refractivity contribution < 1.29 is 5.11 Å². The van der Waals surface area contributed by atoms with Gasteiger partial charge in [0.2, 0.25) is 0 Å². The molecule has 3 nitrogen and oxygen atoms in total. The lowest BCUT2D eigenvalue weighted by atomic mass is 10.0. The number of aromatic amines is 1.